The molecule has 3 heteroatoms. The van der Waals surface area contributed by atoms with Gasteiger partial charge >= 0.3 is 0 Å². The van der Waals surface area contributed by atoms with Crippen LogP contribution >= 0.6 is 0 Å². The lowest BCUT2D eigenvalue weighted by molar-refractivity contribution is -0.0660. The second-order valence-corrected chi connectivity index (χ2v) is 7.39. The molecule has 1 heterocycles. The van der Waals surface area contributed by atoms with Crippen LogP contribution in [0.4, 0.5) is 0 Å². The molecule has 0 aromatic carbocycles. The van der Waals surface area contributed by atoms with Crippen LogP contribution in [-0.2, 0) is 9.47 Å². The molecule has 118 valence electrons. The van der Waals surface area contributed by atoms with Gasteiger partial charge in [-0.2, -0.15) is 0 Å². The smallest absolute Gasteiger partial charge is 0.0808 e. The summed E-state index contributed by atoms with van der Waals surface area (Å²) in [7, 11) is 0. The number of hydrogen-bond donors (Lipinski definition) is 1. The van der Waals surface area contributed by atoms with Gasteiger partial charge in [0.1, 0.15) is 0 Å². The molecule has 2 fully saturated rings. The van der Waals surface area contributed by atoms with E-state index in [1.54, 1.807) is 0 Å². The van der Waals surface area contributed by atoms with Gasteiger partial charge in [0.25, 0.3) is 0 Å². The lowest BCUT2D eigenvalue weighted by Crippen LogP contribution is -2.34. The van der Waals surface area contributed by atoms with Crippen LogP contribution in [0.3, 0.4) is 0 Å². The highest BCUT2D eigenvalue weighted by Crippen LogP contribution is 2.40. The van der Waals surface area contributed by atoms with E-state index in [1.165, 1.54) is 38.5 Å². The van der Waals surface area contributed by atoms with E-state index in [2.05, 4.69) is 13.8 Å². The Morgan fingerprint density at radius 2 is 1.85 bits per heavy atom. The molecule has 20 heavy (non-hydrogen) atoms. The predicted molar refractivity (Wildman–Crippen MR) is 80.7 cm³/mol. The average Bonchev–Trinajstić information content (AvgIpc) is 2.48. The van der Waals surface area contributed by atoms with E-state index in [-0.39, 0.29) is 5.41 Å². The topological polar surface area (TPSA) is 38.7 Å². The van der Waals surface area contributed by atoms with Crippen LogP contribution in [0, 0.1) is 17.3 Å². The Balaban J connectivity index is 1.67. The van der Waals surface area contributed by atoms with Gasteiger partial charge in [-0.3, -0.25) is 0 Å². The van der Waals surface area contributed by atoms with Gasteiger partial charge in [-0.25, -0.2) is 0 Å². The molecule has 0 radical (unpaired) electrons. The van der Waals surface area contributed by atoms with Gasteiger partial charge in [-0.05, 0) is 62.2 Å². The molecular weight excluding hydrogens is 252 g/mol. The zero-order chi connectivity index (χ0) is 14.4. The molecule has 1 aliphatic heterocycles. The molecule has 0 amide bonds. The predicted octanol–water partition coefficient (Wildman–Crippen LogP) is 3.40. The summed E-state index contributed by atoms with van der Waals surface area (Å²) in [5.41, 5.74) is 0.245. The number of rotatable bonds is 6. The fourth-order valence-electron chi connectivity index (χ4n) is 3.64. The Morgan fingerprint density at radius 3 is 2.45 bits per heavy atom. The minimum atomic E-state index is 0.245. The normalized spacial score (nSPS) is 32.2. The van der Waals surface area contributed by atoms with E-state index in [0.717, 1.165) is 32.2 Å². The summed E-state index contributed by atoms with van der Waals surface area (Å²) in [6.07, 6.45) is 8.79. The molecule has 1 aliphatic carbocycles. The molecule has 1 saturated heterocycles. The van der Waals surface area contributed by atoms with Crippen molar-refractivity contribution in [1.82, 2.24) is 0 Å². The molecule has 1 atom stereocenters. The molecule has 2 aliphatic rings. The molecule has 1 N–H and O–H groups in total. The molecule has 0 bridgehead atoms. The van der Waals surface area contributed by atoms with Crippen LogP contribution in [0.2, 0.25) is 0 Å². The van der Waals surface area contributed by atoms with Gasteiger partial charge in [0.05, 0.1) is 19.3 Å². The number of aliphatic hydroxyl groups excluding tert-OH is 1. The van der Waals surface area contributed by atoms with E-state index in [9.17, 15) is 5.11 Å². The van der Waals surface area contributed by atoms with Gasteiger partial charge in [0.2, 0.25) is 0 Å². The van der Waals surface area contributed by atoms with Crippen molar-refractivity contribution in [3.8, 4) is 0 Å². The van der Waals surface area contributed by atoms with E-state index in [1.807, 2.05) is 0 Å². The maximum Gasteiger partial charge on any atom is 0.0808 e. The summed E-state index contributed by atoms with van der Waals surface area (Å²) >= 11 is 0. The first-order valence-electron chi connectivity index (χ1n) is 8.42. The van der Waals surface area contributed by atoms with E-state index in [4.69, 9.17) is 9.47 Å². The van der Waals surface area contributed by atoms with E-state index < -0.39 is 0 Å². The summed E-state index contributed by atoms with van der Waals surface area (Å²) in [4.78, 5) is 0. The monoisotopic (exact) mass is 284 g/mol. The zero-order valence-electron chi connectivity index (χ0n) is 13.3. The average molecular weight is 284 g/mol. The third-order valence-electron chi connectivity index (χ3n) is 5.26. The number of ether oxygens (including phenoxy) is 2. The van der Waals surface area contributed by atoms with Crippen LogP contribution in [0.25, 0.3) is 0 Å². The molecule has 2 rings (SSSR count). The Kier molecular flexibility index (Phi) is 6.31. The summed E-state index contributed by atoms with van der Waals surface area (Å²) in [6, 6.07) is 0. The van der Waals surface area contributed by atoms with Gasteiger partial charge < -0.3 is 14.6 Å². The third-order valence-corrected chi connectivity index (χ3v) is 5.26. The Morgan fingerprint density at radius 1 is 1.10 bits per heavy atom. The Hall–Kier alpha value is -0.120. The van der Waals surface area contributed by atoms with Crippen molar-refractivity contribution in [2.75, 3.05) is 26.4 Å². The number of hydrogen-bond acceptors (Lipinski definition) is 3. The van der Waals surface area contributed by atoms with E-state index >= 15 is 0 Å². The SMILES string of the molecule is CC(C)(COC[C@@H]1CCCCO1)C1CCC(CO)CC1. The van der Waals surface area contributed by atoms with Crippen molar-refractivity contribution >= 4 is 0 Å². The van der Waals surface area contributed by atoms with Crippen LogP contribution < -0.4 is 0 Å². The largest absolute Gasteiger partial charge is 0.396 e. The van der Waals surface area contributed by atoms with Crippen molar-refractivity contribution in [2.45, 2.75) is 64.9 Å². The molecule has 3 nitrogen and oxygen atoms in total. The van der Waals surface area contributed by atoms with Crippen LogP contribution in [0.1, 0.15) is 58.8 Å². The summed E-state index contributed by atoms with van der Waals surface area (Å²) in [5, 5.41) is 9.23. The van der Waals surface area contributed by atoms with Gasteiger partial charge in [-0.15, -0.1) is 0 Å². The second kappa shape index (κ2) is 7.77. The minimum Gasteiger partial charge on any atom is -0.396 e. The van der Waals surface area contributed by atoms with Crippen LogP contribution in [0.5, 0.6) is 0 Å². The molecule has 0 spiro atoms. The number of aliphatic hydroxyl groups is 1. The van der Waals surface area contributed by atoms with Gasteiger partial charge in [0.15, 0.2) is 0 Å². The summed E-state index contributed by atoms with van der Waals surface area (Å²) in [5.74, 6) is 1.27. The molecule has 0 unspecified atom stereocenters. The van der Waals surface area contributed by atoms with Crippen molar-refractivity contribution in [3.05, 3.63) is 0 Å². The lowest BCUT2D eigenvalue weighted by atomic mass is 9.69. The molecule has 0 aromatic rings. The highest BCUT2D eigenvalue weighted by Gasteiger charge is 2.33. The van der Waals surface area contributed by atoms with Crippen LogP contribution in [0.15, 0.2) is 0 Å². The quantitative estimate of drug-likeness (QED) is 0.812. The van der Waals surface area contributed by atoms with Crippen molar-refractivity contribution < 1.29 is 14.6 Å². The van der Waals surface area contributed by atoms with E-state index in [0.29, 0.717) is 18.6 Å². The van der Waals surface area contributed by atoms with Crippen LogP contribution in [-0.4, -0.2) is 37.6 Å². The fourth-order valence-corrected chi connectivity index (χ4v) is 3.64. The molecular formula is C17H32O3. The first kappa shape index (κ1) is 16.3. The molecule has 1 saturated carbocycles. The Labute approximate surface area is 124 Å². The zero-order valence-corrected chi connectivity index (χ0v) is 13.3. The summed E-state index contributed by atoms with van der Waals surface area (Å²) < 4.78 is 11.7. The maximum absolute atomic E-state index is 9.23. The van der Waals surface area contributed by atoms with Gasteiger partial charge in [0, 0.05) is 13.2 Å². The highest BCUT2D eigenvalue weighted by atomic mass is 16.5. The second-order valence-electron chi connectivity index (χ2n) is 7.39. The molecule has 0 aromatic heterocycles. The standard InChI is InChI=1S/C17H32O3/c1-17(2,15-8-6-14(11-18)7-9-15)13-19-12-16-5-3-4-10-20-16/h14-16,18H,3-13H2,1-2H3/t14?,15?,16-/m0/s1. The maximum atomic E-state index is 9.23. The van der Waals surface area contributed by atoms with Crippen molar-refractivity contribution in [3.63, 3.8) is 0 Å². The summed E-state index contributed by atoms with van der Waals surface area (Å²) in [6.45, 7) is 7.53. The minimum absolute atomic E-state index is 0.245. The third kappa shape index (κ3) is 4.71. The first-order valence-corrected chi connectivity index (χ1v) is 8.42. The van der Waals surface area contributed by atoms with Crippen molar-refractivity contribution in [2.24, 2.45) is 17.3 Å². The highest BCUT2D eigenvalue weighted by molar-refractivity contribution is 4.83. The lowest BCUT2D eigenvalue weighted by Gasteiger charge is -2.39. The fraction of sp³-hybridized carbons (Fsp3) is 1.00. The van der Waals surface area contributed by atoms with Crippen molar-refractivity contribution in [1.29, 1.82) is 0 Å². The first-order chi connectivity index (χ1) is 9.62. The Bertz CT molecular complexity index is 263. The van der Waals surface area contributed by atoms with Gasteiger partial charge in [-0.1, -0.05) is 13.8 Å².